The molecule has 0 saturated carbocycles. The number of hydrogen-bond acceptors (Lipinski definition) is 6. The fraction of sp³-hybridized carbons (Fsp3) is 0.692. The van der Waals surface area contributed by atoms with Gasteiger partial charge in [0.2, 0.25) is 0 Å². The minimum atomic E-state index is 0.298. The number of anilines is 2. The summed E-state index contributed by atoms with van der Waals surface area (Å²) >= 11 is 0. The Balaban J connectivity index is 2.11. The van der Waals surface area contributed by atoms with Crippen molar-refractivity contribution in [3.8, 4) is 0 Å². The van der Waals surface area contributed by atoms with E-state index in [1.807, 2.05) is 0 Å². The molecule has 6 heteroatoms. The lowest BCUT2D eigenvalue weighted by molar-refractivity contribution is 0.108. The number of nitrogens with two attached hydrogens (primary N) is 1. The van der Waals surface area contributed by atoms with Crippen molar-refractivity contribution in [1.29, 1.82) is 0 Å². The largest absolute Gasteiger partial charge is 0.378 e. The van der Waals surface area contributed by atoms with Crippen molar-refractivity contribution in [1.82, 2.24) is 9.97 Å². The lowest BCUT2D eigenvalue weighted by Gasteiger charge is -2.19. The second-order valence-electron chi connectivity index (χ2n) is 5.29. The molecule has 1 aromatic rings. The number of hydrogen-bond donors (Lipinski definition) is 3. The first-order valence-electron chi connectivity index (χ1n) is 6.80. The molecule has 1 aliphatic heterocycles. The summed E-state index contributed by atoms with van der Waals surface area (Å²) in [6, 6.07) is 0. The monoisotopic (exact) mass is 265 g/mol. The predicted octanol–water partition coefficient (Wildman–Crippen LogP) is 1.72. The molecule has 1 aliphatic rings. The van der Waals surface area contributed by atoms with Gasteiger partial charge in [0.1, 0.15) is 18.0 Å². The Morgan fingerprint density at radius 2 is 2.16 bits per heavy atom. The molecule has 1 aromatic heterocycles. The minimum absolute atomic E-state index is 0.298. The van der Waals surface area contributed by atoms with Gasteiger partial charge in [-0.3, -0.25) is 0 Å². The van der Waals surface area contributed by atoms with Crippen LogP contribution < -0.4 is 16.6 Å². The number of aromatic nitrogens is 2. The van der Waals surface area contributed by atoms with Crippen LogP contribution in [0.4, 0.5) is 11.6 Å². The summed E-state index contributed by atoms with van der Waals surface area (Å²) in [6.07, 6.45) is 2.93. The van der Waals surface area contributed by atoms with Crippen molar-refractivity contribution in [2.24, 2.45) is 11.8 Å². The molecule has 19 heavy (non-hydrogen) atoms. The first kappa shape index (κ1) is 14.0. The summed E-state index contributed by atoms with van der Waals surface area (Å²) in [4.78, 5) is 8.50. The van der Waals surface area contributed by atoms with Crippen LogP contribution in [0.3, 0.4) is 0 Å². The first-order chi connectivity index (χ1) is 9.13. The highest BCUT2D eigenvalue weighted by atomic mass is 16.5. The molecule has 0 bridgehead atoms. The summed E-state index contributed by atoms with van der Waals surface area (Å²) in [5.41, 5.74) is 3.66. The average Bonchev–Trinajstić information content (AvgIpc) is 2.81. The van der Waals surface area contributed by atoms with Gasteiger partial charge in [-0.15, -0.1) is 0 Å². The molecule has 2 heterocycles. The highest BCUT2D eigenvalue weighted by molar-refractivity contribution is 5.58. The summed E-state index contributed by atoms with van der Waals surface area (Å²) < 4.78 is 5.57. The molecule has 0 amide bonds. The Morgan fingerprint density at radius 3 is 2.74 bits per heavy atom. The van der Waals surface area contributed by atoms with E-state index in [-0.39, 0.29) is 0 Å². The molecule has 0 spiro atoms. The first-order valence-corrected chi connectivity index (χ1v) is 6.80. The van der Waals surface area contributed by atoms with E-state index in [1.165, 1.54) is 6.33 Å². The number of ether oxygens (including phenoxy) is 1. The van der Waals surface area contributed by atoms with Crippen LogP contribution in [0.5, 0.6) is 0 Å². The van der Waals surface area contributed by atoms with Crippen LogP contribution in [0.15, 0.2) is 6.33 Å². The van der Waals surface area contributed by atoms with Crippen molar-refractivity contribution >= 4 is 11.6 Å². The maximum absolute atomic E-state index is 5.57. The predicted molar refractivity (Wildman–Crippen MR) is 75.9 cm³/mol. The average molecular weight is 265 g/mol. The molecule has 2 rings (SSSR count). The normalized spacial score (nSPS) is 22.8. The van der Waals surface area contributed by atoms with E-state index in [4.69, 9.17) is 10.6 Å². The van der Waals surface area contributed by atoms with Crippen LogP contribution in [-0.4, -0.2) is 29.2 Å². The summed E-state index contributed by atoms with van der Waals surface area (Å²) in [5.74, 6) is 7.88. The highest BCUT2D eigenvalue weighted by Gasteiger charge is 2.24. The van der Waals surface area contributed by atoms with E-state index in [0.29, 0.717) is 23.8 Å². The van der Waals surface area contributed by atoms with Crippen LogP contribution in [-0.2, 0) is 4.74 Å². The molecule has 0 radical (unpaired) electrons. The summed E-state index contributed by atoms with van der Waals surface area (Å²) in [6.45, 7) is 8.04. The number of hydrazine groups is 1. The van der Waals surface area contributed by atoms with Gasteiger partial charge in [-0.05, 0) is 19.3 Å². The van der Waals surface area contributed by atoms with Crippen molar-refractivity contribution in [3.63, 3.8) is 0 Å². The van der Waals surface area contributed by atoms with E-state index in [0.717, 1.165) is 31.0 Å². The third-order valence-electron chi connectivity index (χ3n) is 3.66. The Hall–Kier alpha value is -1.40. The van der Waals surface area contributed by atoms with Crippen molar-refractivity contribution in [2.45, 2.75) is 39.2 Å². The molecule has 1 saturated heterocycles. The zero-order chi connectivity index (χ0) is 13.8. The quantitative estimate of drug-likeness (QED) is 0.555. The third-order valence-corrected chi connectivity index (χ3v) is 3.66. The fourth-order valence-corrected chi connectivity index (χ4v) is 2.47. The third kappa shape index (κ3) is 3.13. The summed E-state index contributed by atoms with van der Waals surface area (Å²) in [7, 11) is 0. The minimum Gasteiger partial charge on any atom is -0.378 e. The molecule has 2 unspecified atom stereocenters. The molecule has 2 atom stereocenters. The second-order valence-corrected chi connectivity index (χ2v) is 5.29. The van der Waals surface area contributed by atoms with Crippen LogP contribution in [0, 0.1) is 5.92 Å². The topological polar surface area (TPSA) is 85.1 Å². The van der Waals surface area contributed by atoms with Crippen molar-refractivity contribution in [3.05, 3.63) is 11.9 Å². The lowest BCUT2D eigenvalue weighted by Crippen LogP contribution is -2.22. The van der Waals surface area contributed by atoms with Gasteiger partial charge in [-0.25, -0.2) is 15.8 Å². The van der Waals surface area contributed by atoms with E-state index >= 15 is 0 Å². The highest BCUT2D eigenvalue weighted by Crippen LogP contribution is 2.28. The second kappa shape index (κ2) is 6.16. The summed E-state index contributed by atoms with van der Waals surface area (Å²) in [5, 5.41) is 3.42. The molecule has 0 aromatic carbocycles. The smallest absolute Gasteiger partial charge is 0.148 e. The lowest BCUT2D eigenvalue weighted by atomic mass is 10.0. The zero-order valence-corrected chi connectivity index (χ0v) is 11.8. The van der Waals surface area contributed by atoms with Gasteiger partial charge >= 0.3 is 0 Å². The van der Waals surface area contributed by atoms with E-state index in [2.05, 4.69) is 41.5 Å². The van der Waals surface area contributed by atoms with Gasteiger partial charge in [0.15, 0.2) is 0 Å². The van der Waals surface area contributed by atoms with Crippen LogP contribution >= 0.6 is 0 Å². The molecule has 1 fully saturated rings. The Morgan fingerprint density at radius 1 is 1.42 bits per heavy atom. The molecular formula is C13H23N5O. The van der Waals surface area contributed by atoms with Gasteiger partial charge in [0.25, 0.3) is 0 Å². The molecule has 6 nitrogen and oxygen atoms in total. The van der Waals surface area contributed by atoms with E-state index in [9.17, 15) is 0 Å². The number of nitrogens with one attached hydrogen (secondary N) is 2. The molecule has 0 aliphatic carbocycles. The van der Waals surface area contributed by atoms with E-state index < -0.39 is 0 Å². The van der Waals surface area contributed by atoms with Gasteiger partial charge in [-0.2, -0.15) is 0 Å². The maximum Gasteiger partial charge on any atom is 0.148 e. The van der Waals surface area contributed by atoms with Crippen LogP contribution in [0.2, 0.25) is 0 Å². The number of rotatable bonds is 5. The molecular weight excluding hydrogens is 242 g/mol. The Kier molecular flexibility index (Phi) is 4.55. The molecule has 106 valence electrons. The zero-order valence-electron chi connectivity index (χ0n) is 11.8. The Labute approximate surface area is 114 Å². The van der Waals surface area contributed by atoms with Gasteiger partial charge in [0, 0.05) is 24.6 Å². The maximum atomic E-state index is 5.57. The SMILES string of the molecule is CC(C)c1c(NN)ncnc1NCC1CCOC1C. The fourth-order valence-electron chi connectivity index (χ4n) is 2.47. The Bertz CT molecular complexity index is 423. The van der Waals surface area contributed by atoms with Crippen LogP contribution in [0.25, 0.3) is 0 Å². The van der Waals surface area contributed by atoms with Crippen LogP contribution in [0.1, 0.15) is 38.7 Å². The van der Waals surface area contributed by atoms with Crippen molar-refractivity contribution in [2.75, 3.05) is 23.9 Å². The van der Waals surface area contributed by atoms with Gasteiger partial charge in [-0.1, -0.05) is 13.8 Å². The van der Waals surface area contributed by atoms with Gasteiger partial charge < -0.3 is 15.5 Å². The van der Waals surface area contributed by atoms with Crippen molar-refractivity contribution < 1.29 is 4.74 Å². The van der Waals surface area contributed by atoms with E-state index in [1.54, 1.807) is 0 Å². The number of nitrogens with zero attached hydrogens (tertiary/aromatic N) is 2. The number of nitrogen functional groups attached to an aromatic ring is 1. The standard InChI is InChI=1S/C13H23N5O/c1-8(2)11-12(16-7-17-13(11)18-14)15-6-10-4-5-19-9(10)3/h7-10H,4-6,14H2,1-3H3,(H2,15,16,17,18). The van der Waals surface area contributed by atoms with Gasteiger partial charge in [0.05, 0.1) is 6.10 Å². The molecule has 4 N–H and O–H groups in total.